The Morgan fingerprint density at radius 2 is 1.43 bits per heavy atom. The summed E-state index contributed by atoms with van der Waals surface area (Å²) >= 11 is 12.2. The number of hydrogen-bond donors (Lipinski definition) is 0. The van der Waals surface area contributed by atoms with Gasteiger partial charge >= 0.3 is 11.4 Å². The van der Waals surface area contributed by atoms with E-state index in [0.29, 0.717) is 52.6 Å². The number of halogens is 3. The van der Waals surface area contributed by atoms with E-state index in [2.05, 4.69) is 62.2 Å². The van der Waals surface area contributed by atoms with Gasteiger partial charge in [0.15, 0.2) is 0 Å². The zero-order valence-electron chi connectivity index (χ0n) is 20.2. The number of ether oxygens (including phenoxy) is 2. The summed E-state index contributed by atoms with van der Waals surface area (Å²) in [5.74, 6) is 0. The maximum Gasteiger partial charge on any atom is 0.328 e. The molecule has 3 aliphatic rings. The molecule has 2 aromatic carbocycles. The van der Waals surface area contributed by atoms with Gasteiger partial charge < -0.3 is 19.3 Å². The number of morpholine rings is 2. The Labute approximate surface area is 238 Å². The lowest BCUT2D eigenvalue weighted by atomic mass is 10.1. The number of rotatable bonds is 0. The van der Waals surface area contributed by atoms with Crippen LogP contribution in [0.25, 0.3) is 17.0 Å². The van der Waals surface area contributed by atoms with Gasteiger partial charge in [-0.05, 0) is 53.4 Å². The first-order valence-electron chi connectivity index (χ1n) is 12.0. The van der Waals surface area contributed by atoms with E-state index in [1.807, 2.05) is 35.4 Å². The lowest BCUT2D eigenvalue weighted by Gasteiger charge is -2.27. The lowest BCUT2D eigenvalue weighted by Crippen LogP contribution is -2.42. The van der Waals surface area contributed by atoms with Gasteiger partial charge in [0.2, 0.25) is 0 Å². The molecule has 7 nitrogen and oxygen atoms in total. The van der Waals surface area contributed by atoms with Crippen molar-refractivity contribution < 1.29 is 19.1 Å². The molecule has 2 saturated heterocycles. The summed E-state index contributed by atoms with van der Waals surface area (Å²) in [5.41, 5.74) is 3.71. The molecule has 2 aliphatic heterocycles. The number of hydrogen-bond acceptors (Lipinski definition) is 4. The molecule has 1 aliphatic carbocycles. The maximum atomic E-state index is 12.4. The highest BCUT2D eigenvalue weighted by atomic mass is 79.9. The van der Waals surface area contributed by atoms with Crippen LogP contribution < -0.4 is 0 Å². The van der Waals surface area contributed by atoms with Gasteiger partial charge in [-0.15, -0.1) is 0 Å². The zero-order valence-corrected chi connectivity index (χ0v) is 24.2. The molecular weight excluding hydrogens is 626 g/mol. The molecule has 1 aromatic heterocycles. The molecule has 2 amide bonds. The highest BCUT2D eigenvalue weighted by molar-refractivity contribution is 9.11. The minimum Gasteiger partial charge on any atom is -0.378 e. The predicted molar refractivity (Wildman–Crippen MR) is 153 cm³/mol. The highest BCUT2D eigenvalue weighted by Crippen LogP contribution is 2.27. The summed E-state index contributed by atoms with van der Waals surface area (Å²) in [5, 5.41) is 0.678. The Balaban J connectivity index is 0.000000143. The predicted octanol–water partition coefficient (Wildman–Crippen LogP) is 6.40. The summed E-state index contributed by atoms with van der Waals surface area (Å²) in [6, 6.07) is 14.2. The van der Waals surface area contributed by atoms with Crippen molar-refractivity contribution in [3.05, 3.63) is 74.8 Å². The summed E-state index contributed by atoms with van der Waals surface area (Å²) in [7, 11) is 0. The normalized spacial score (nSPS) is 16.4. The Bertz CT molecular complexity index is 1270. The van der Waals surface area contributed by atoms with E-state index in [-0.39, 0.29) is 11.4 Å². The molecule has 0 saturated carbocycles. The first-order chi connectivity index (χ1) is 18.0. The summed E-state index contributed by atoms with van der Waals surface area (Å²) in [4.78, 5) is 26.2. The minimum atomic E-state index is -0.377. The third-order valence-electron chi connectivity index (χ3n) is 6.19. The molecule has 0 spiro atoms. The van der Waals surface area contributed by atoms with Crippen molar-refractivity contribution >= 4 is 71.8 Å². The number of allylic oxidation sites excluding steroid dienone is 1. The van der Waals surface area contributed by atoms with Crippen molar-refractivity contribution in [2.24, 2.45) is 0 Å². The van der Waals surface area contributed by atoms with E-state index in [1.165, 1.54) is 15.6 Å². The number of carbonyl (C=O) groups is 2. The van der Waals surface area contributed by atoms with Gasteiger partial charge in [0.25, 0.3) is 0 Å². The highest BCUT2D eigenvalue weighted by Gasteiger charge is 2.20. The Hall–Kier alpha value is -2.17. The van der Waals surface area contributed by atoms with E-state index in [4.69, 9.17) is 21.1 Å². The molecule has 2 fully saturated rings. The van der Waals surface area contributed by atoms with E-state index >= 15 is 0 Å². The van der Waals surface area contributed by atoms with Crippen molar-refractivity contribution in [1.82, 2.24) is 14.4 Å². The van der Waals surface area contributed by atoms with Crippen LogP contribution in [0.4, 0.5) is 9.59 Å². The van der Waals surface area contributed by atoms with Crippen LogP contribution >= 0.6 is 43.5 Å². The zero-order chi connectivity index (χ0) is 26.2. The second-order valence-electron chi connectivity index (χ2n) is 8.51. The molecule has 0 atom stereocenters. The van der Waals surface area contributed by atoms with Gasteiger partial charge in [-0.1, -0.05) is 62.2 Å². The van der Waals surface area contributed by atoms with Gasteiger partial charge in [0, 0.05) is 46.7 Å². The van der Waals surface area contributed by atoms with Crippen LogP contribution in [-0.2, 0) is 15.9 Å². The molecule has 3 aromatic rings. The fraction of sp³-hybridized carbons (Fsp3) is 0.333. The van der Waals surface area contributed by atoms with Crippen LogP contribution in [0, 0.1) is 0 Å². The van der Waals surface area contributed by atoms with Gasteiger partial charge in [-0.2, -0.15) is 0 Å². The first-order valence-corrected chi connectivity index (χ1v) is 14.0. The second kappa shape index (κ2) is 13.6. The number of fused-ring (bicyclic) bond motifs is 2. The average molecular weight is 654 g/mol. The van der Waals surface area contributed by atoms with Crippen LogP contribution in [0.2, 0.25) is 0 Å². The third-order valence-corrected chi connectivity index (χ3v) is 7.81. The third kappa shape index (κ3) is 7.23. The largest absolute Gasteiger partial charge is 0.378 e. The molecule has 0 radical (unpaired) electrons. The first kappa shape index (κ1) is 27.9. The van der Waals surface area contributed by atoms with Crippen molar-refractivity contribution in [3.8, 4) is 0 Å². The number of nitrogens with zero attached hydrogens (tertiary/aromatic N) is 3. The van der Waals surface area contributed by atoms with Crippen molar-refractivity contribution in [2.45, 2.75) is 6.42 Å². The summed E-state index contributed by atoms with van der Waals surface area (Å²) in [6.45, 7) is 5.03. The van der Waals surface area contributed by atoms with E-state index in [0.717, 1.165) is 21.8 Å². The van der Waals surface area contributed by atoms with E-state index in [9.17, 15) is 9.59 Å². The standard InChI is InChI=1S/C13H13BrN2O2.C9H7Br.C5H8ClNO2/c14-11-2-1-3-12-10(11)4-5-16(12)13(17)15-6-8-18-9-7-15;10-9-6-2-4-7-3-1-5-8(7)9;6-5(8)7-1-3-9-4-2-7/h1-5H,6-9H2;1-2,4-6H,3H2;1-4H2. The average Bonchev–Trinajstić information content (AvgIpc) is 3.59. The van der Waals surface area contributed by atoms with Gasteiger partial charge in [-0.3, -0.25) is 9.36 Å². The van der Waals surface area contributed by atoms with Gasteiger partial charge in [0.05, 0.1) is 31.9 Å². The smallest absolute Gasteiger partial charge is 0.328 e. The van der Waals surface area contributed by atoms with Crippen LogP contribution in [0.5, 0.6) is 0 Å². The fourth-order valence-electron chi connectivity index (χ4n) is 4.19. The van der Waals surface area contributed by atoms with Crippen molar-refractivity contribution in [3.63, 3.8) is 0 Å². The Kier molecular flexibility index (Phi) is 10.2. The van der Waals surface area contributed by atoms with Crippen LogP contribution in [0.15, 0.2) is 63.7 Å². The van der Waals surface area contributed by atoms with Gasteiger partial charge in [0.1, 0.15) is 0 Å². The Morgan fingerprint density at radius 1 is 0.811 bits per heavy atom. The Morgan fingerprint density at radius 3 is 2.05 bits per heavy atom. The molecule has 0 unspecified atom stereocenters. The van der Waals surface area contributed by atoms with Crippen molar-refractivity contribution in [2.75, 3.05) is 52.6 Å². The number of amides is 2. The molecule has 37 heavy (non-hydrogen) atoms. The molecule has 196 valence electrons. The van der Waals surface area contributed by atoms with Crippen molar-refractivity contribution in [1.29, 1.82) is 0 Å². The number of benzene rings is 2. The van der Waals surface area contributed by atoms with Crippen LogP contribution in [-0.4, -0.2) is 78.4 Å². The molecular formula is C27H28Br2ClN3O4. The maximum absolute atomic E-state index is 12.4. The molecule has 3 heterocycles. The molecule has 6 rings (SSSR count). The quantitative estimate of drug-likeness (QED) is 0.208. The van der Waals surface area contributed by atoms with E-state index < -0.39 is 0 Å². The number of carbonyl (C=O) groups excluding carboxylic acids is 2. The SMILES string of the molecule is Brc1cccc2c1C=CC2.O=C(Cl)N1CCOCC1.O=C(N1CCOCC1)n1ccc2c(Br)cccc21. The minimum absolute atomic E-state index is 0.0198. The fourth-order valence-corrected chi connectivity index (χ4v) is 5.39. The number of aromatic nitrogens is 1. The molecule has 0 N–H and O–H groups in total. The second-order valence-corrected chi connectivity index (χ2v) is 10.5. The molecule has 0 bridgehead atoms. The van der Waals surface area contributed by atoms with Crippen LogP contribution in [0.1, 0.15) is 11.1 Å². The molecule has 10 heteroatoms. The monoisotopic (exact) mass is 651 g/mol. The topological polar surface area (TPSA) is 64.0 Å². The van der Waals surface area contributed by atoms with Crippen LogP contribution in [0.3, 0.4) is 0 Å². The van der Waals surface area contributed by atoms with Gasteiger partial charge in [-0.25, -0.2) is 4.79 Å². The summed E-state index contributed by atoms with van der Waals surface area (Å²) in [6.07, 6.45) is 7.27. The van der Waals surface area contributed by atoms with E-state index in [1.54, 1.807) is 9.47 Å². The lowest BCUT2D eigenvalue weighted by molar-refractivity contribution is 0.0538. The summed E-state index contributed by atoms with van der Waals surface area (Å²) < 4.78 is 14.2.